The summed E-state index contributed by atoms with van der Waals surface area (Å²) in [6, 6.07) is 9.06. The maximum Gasteiger partial charge on any atom is 0.123 e. The fraction of sp³-hybridized carbons (Fsp3) is 0.727. The Balaban J connectivity index is 0.000000322. The number of unbranched alkanes of at least 4 members (excludes halogenated alkanes) is 4. The first-order chi connectivity index (χ1) is 21.1. The second-order valence-electron chi connectivity index (χ2n) is 18.7. The molecule has 2 heteroatoms. The predicted octanol–water partition coefficient (Wildman–Crippen LogP) is 13.6. The van der Waals surface area contributed by atoms with Crippen LogP contribution in [0.3, 0.4) is 0 Å². The molecule has 0 atom stereocenters. The average Bonchev–Trinajstić information content (AvgIpc) is 2.92. The predicted molar refractivity (Wildman–Crippen MR) is 203 cm³/mol. The lowest BCUT2D eigenvalue weighted by Crippen LogP contribution is -2.20. The Kier molecular flexibility index (Phi) is 14.4. The van der Waals surface area contributed by atoms with Gasteiger partial charge in [-0.05, 0) is 105 Å². The average molecular weight is 635 g/mol. The highest BCUT2D eigenvalue weighted by atomic mass is 16.3. The van der Waals surface area contributed by atoms with Crippen molar-refractivity contribution in [2.45, 2.75) is 202 Å². The summed E-state index contributed by atoms with van der Waals surface area (Å²) in [6.07, 6.45) is 15.7. The van der Waals surface area contributed by atoms with Crippen molar-refractivity contribution in [3.8, 4) is 11.5 Å². The van der Waals surface area contributed by atoms with Crippen molar-refractivity contribution in [2.24, 2.45) is 5.92 Å². The number of hydrogen-bond acceptors (Lipinski definition) is 2. The molecule has 3 rings (SSSR count). The summed E-state index contributed by atoms with van der Waals surface area (Å²) in [7, 11) is 0. The third kappa shape index (κ3) is 11.6. The number of phenolic OH excluding ortho intramolecular Hbond substituents is 2. The van der Waals surface area contributed by atoms with Crippen molar-refractivity contribution in [3.63, 3.8) is 0 Å². The molecule has 0 saturated heterocycles. The molecule has 46 heavy (non-hydrogen) atoms. The molecule has 262 valence electrons. The molecule has 0 unspecified atom stereocenters. The first kappa shape index (κ1) is 40.2. The van der Waals surface area contributed by atoms with E-state index in [9.17, 15) is 10.2 Å². The molecule has 2 nitrogen and oxygen atoms in total. The molecular formula is C44H74O2. The SMILES string of the molecule is CCCC1CCC(c2cc(C(C)(C)C)c(O)c(C(C)(C)C)c2)CC1.CCCCCCCc1cc(C(C)(C)C)c(O)c(C(C)(C)C)c1. The van der Waals surface area contributed by atoms with Gasteiger partial charge in [0.1, 0.15) is 11.5 Å². The summed E-state index contributed by atoms with van der Waals surface area (Å²) in [5.74, 6) is 2.61. The molecule has 0 bridgehead atoms. The van der Waals surface area contributed by atoms with Crippen LogP contribution in [0, 0.1) is 5.92 Å². The first-order valence-corrected chi connectivity index (χ1v) is 18.9. The fourth-order valence-corrected chi connectivity index (χ4v) is 7.14. The van der Waals surface area contributed by atoms with Gasteiger partial charge < -0.3 is 10.2 Å². The van der Waals surface area contributed by atoms with Gasteiger partial charge in [-0.2, -0.15) is 0 Å². The standard InChI is InChI=1S/C23H38O.C21H36O/c1-8-9-16-10-12-17(13-11-16)18-14-19(22(2,3)4)21(24)20(15-18)23(5,6)7;1-8-9-10-11-12-13-16-14-17(20(2,3)4)19(22)18(15-16)21(5,6)7/h14-17,24H,8-13H2,1-7H3;14-15,22H,8-13H2,1-7H3. The maximum atomic E-state index is 10.9. The molecule has 1 saturated carbocycles. The molecule has 1 aliphatic carbocycles. The molecule has 1 aliphatic rings. The van der Waals surface area contributed by atoms with E-state index in [4.69, 9.17) is 0 Å². The highest BCUT2D eigenvalue weighted by molar-refractivity contribution is 5.51. The number of aromatic hydroxyl groups is 2. The molecular weight excluding hydrogens is 560 g/mol. The fourth-order valence-electron chi connectivity index (χ4n) is 7.14. The Morgan fingerprint density at radius 1 is 0.522 bits per heavy atom. The first-order valence-electron chi connectivity index (χ1n) is 18.9. The van der Waals surface area contributed by atoms with E-state index in [2.05, 4.69) is 121 Å². The van der Waals surface area contributed by atoms with Crippen molar-refractivity contribution in [2.75, 3.05) is 0 Å². The minimum Gasteiger partial charge on any atom is -0.507 e. The summed E-state index contributed by atoms with van der Waals surface area (Å²) in [5.41, 5.74) is 7.12. The quantitative estimate of drug-likeness (QED) is 0.269. The molecule has 1 fully saturated rings. The van der Waals surface area contributed by atoms with Crippen molar-refractivity contribution in [1.82, 2.24) is 0 Å². The zero-order valence-electron chi connectivity index (χ0n) is 32.8. The van der Waals surface area contributed by atoms with Crippen LogP contribution in [0.2, 0.25) is 0 Å². The van der Waals surface area contributed by atoms with Crippen molar-refractivity contribution in [3.05, 3.63) is 57.6 Å². The number of hydrogen-bond donors (Lipinski definition) is 2. The lowest BCUT2D eigenvalue weighted by Gasteiger charge is -2.32. The summed E-state index contributed by atoms with van der Waals surface area (Å²) >= 11 is 0. The number of rotatable bonds is 9. The van der Waals surface area contributed by atoms with E-state index >= 15 is 0 Å². The van der Waals surface area contributed by atoms with E-state index in [1.54, 1.807) is 0 Å². The number of benzene rings is 2. The summed E-state index contributed by atoms with van der Waals surface area (Å²) in [6.45, 7) is 30.9. The van der Waals surface area contributed by atoms with Crippen LogP contribution in [0.5, 0.6) is 11.5 Å². The second kappa shape index (κ2) is 16.4. The van der Waals surface area contributed by atoms with Gasteiger partial charge in [0.2, 0.25) is 0 Å². The van der Waals surface area contributed by atoms with Crippen LogP contribution in [-0.4, -0.2) is 10.2 Å². The molecule has 0 aromatic heterocycles. The molecule has 0 heterocycles. The Labute approximate surface area is 286 Å². The van der Waals surface area contributed by atoms with Crippen LogP contribution in [0.15, 0.2) is 24.3 Å². The topological polar surface area (TPSA) is 40.5 Å². The molecule has 2 aromatic rings. The van der Waals surface area contributed by atoms with E-state index < -0.39 is 0 Å². The van der Waals surface area contributed by atoms with Gasteiger partial charge >= 0.3 is 0 Å². The van der Waals surface area contributed by atoms with E-state index in [1.807, 2.05) is 0 Å². The van der Waals surface area contributed by atoms with Crippen LogP contribution in [0.25, 0.3) is 0 Å². The Morgan fingerprint density at radius 2 is 0.913 bits per heavy atom. The summed E-state index contributed by atoms with van der Waals surface area (Å²) in [5, 5.41) is 21.6. The van der Waals surface area contributed by atoms with Crippen LogP contribution >= 0.6 is 0 Å². The van der Waals surface area contributed by atoms with Gasteiger partial charge in [-0.15, -0.1) is 0 Å². The molecule has 0 aliphatic heterocycles. The van der Waals surface area contributed by atoms with E-state index in [0.717, 1.165) is 34.6 Å². The molecule has 2 aromatic carbocycles. The van der Waals surface area contributed by atoms with Gasteiger partial charge in [-0.25, -0.2) is 0 Å². The monoisotopic (exact) mass is 635 g/mol. The van der Waals surface area contributed by atoms with Gasteiger partial charge in [0, 0.05) is 0 Å². The van der Waals surface area contributed by atoms with Crippen molar-refractivity contribution >= 4 is 0 Å². The largest absolute Gasteiger partial charge is 0.507 e. The molecule has 0 spiro atoms. The van der Waals surface area contributed by atoms with Crippen LogP contribution in [0.4, 0.5) is 0 Å². The minimum atomic E-state index is -0.0283. The van der Waals surface area contributed by atoms with Gasteiger partial charge in [-0.3, -0.25) is 0 Å². The van der Waals surface area contributed by atoms with Gasteiger partial charge in [-0.1, -0.05) is 160 Å². The van der Waals surface area contributed by atoms with E-state index in [0.29, 0.717) is 17.4 Å². The van der Waals surface area contributed by atoms with E-state index in [-0.39, 0.29) is 21.7 Å². The zero-order chi connectivity index (χ0) is 35.1. The molecule has 0 radical (unpaired) electrons. The second-order valence-corrected chi connectivity index (χ2v) is 18.7. The maximum absolute atomic E-state index is 10.9. The lowest BCUT2D eigenvalue weighted by molar-refractivity contribution is 0.307. The molecule has 2 N–H and O–H groups in total. The summed E-state index contributed by atoms with van der Waals surface area (Å²) < 4.78 is 0. The normalized spacial score (nSPS) is 17.9. The third-order valence-electron chi connectivity index (χ3n) is 10.1. The summed E-state index contributed by atoms with van der Waals surface area (Å²) in [4.78, 5) is 0. The third-order valence-corrected chi connectivity index (χ3v) is 10.1. The minimum absolute atomic E-state index is 0.0255. The van der Waals surface area contributed by atoms with Crippen LogP contribution in [0.1, 0.15) is 207 Å². The van der Waals surface area contributed by atoms with Gasteiger partial charge in [0.25, 0.3) is 0 Å². The number of aryl methyl sites for hydroxylation is 1. The van der Waals surface area contributed by atoms with Crippen LogP contribution < -0.4 is 0 Å². The van der Waals surface area contributed by atoms with Crippen molar-refractivity contribution < 1.29 is 10.2 Å². The van der Waals surface area contributed by atoms with Crippen LogP contribution in [-0.2, 0) is 28.1 Å². The van der Waals surface area contributed by atoms with Gasteiger partial charge in [0.05, 0.1) is 0 Å². The Bertz CT molecular complexity index is 1140. The number of phenols is 2. The van der Waals surface area contributed by atoms with Crippen molar-refractivity contribution in [1.29, 1.82) is 0 Å². The van der Waals surface area contributed by atoms with E-state index in [1.165, 1.54) is 81.8 Å². The zero-order valence-corrected chi connectivity index (χ0v) is 32.8. The molecule has 0 amide bonds. The van der Waals surface area contributed by atoms with Gasteiger partial charge in [0.15, 0.2) is 0 Å². The smallest absolute Gasteiger partial charge is 0.123 e. The Morgan fingerprint density at radius 3 is 1.28 bits per heavy atom. The Hall–Kier alpha value is -1.96. The highest BCUT2D eigenvalue weighted by Gasteiger charge is 2.30. The highest BCUT2D eigenvalue weighted by Crippen LogP contribution is 2.45. The lowest BCUT2D eigenvalue weighted by atomic mass is 9.73.